The lowest BCUT2D eigenvalue weighted by molar-refractivity contribution is 0.251. The van der Waals surface area contributed by atoms with Crippen LogP contribution >= 0.6 is 0 Å². The maximum atomic E-state index is 11.7. The van der Waals surface area contributed by atoms with E-state index in [9.17, 15) is 4.79 Å². The smallest absolute Gasteiger partial charge is 0.319 e. The van der Waals surface area contributed by atoms with E-state index in [4.69, 9.17) is 5.73 Å². The zero-order valence-electron chi connectivity index (χ0n) is 10.6. The molecular weight excluding hydrogens is 244 g/mol. The molecule has 100 valence electrons. The fraction of sp³-hybridized carbons (Fsp3) is 0.250. The molecule has 0 bridgehead atoms. The molecule has 7 nitrogen and oxygen atoms in total. The Morgan fingerprint density at radius 2 is 2.32 bits per heavy atom. The Balaban J connectivity index is 1.86. The minimum atomic E-state index is -0.304. The maximum absolute atomic E-state index is 11.7. The third-order valence-electron chi connectivity index (χ3n) is 2.47. The number of benzene rings is 1. The summed E-state index contributed by atoms with van der Waals surface area (Å²) in [5, 5.41) is 9.47. The molecule has 19 heavy (non-hydrogen) atoms. The molecule has 0 atom stereocenters. The first kappa shape index (κ1) is 13.0. The van der Waals surface area contributed by atoms with E-state index < -0.39 is 0 Å². The zero-order chi connectivity index (χ0) is 13.7. The van der Waals surface area contributed by atoms with Crippen LogP contribution in [-0.2, 0) is 20.1 Å². The van der Waals surface area contributed by atoms with Gasteiger partial charge in [0.05, 0.1) is 6.54 Å². The van der Waals surface area contributed by atoms with Gasteiger partial charge in [-0.05, 0) is 17.7 Å². The second-order valence-electron chi connectivity index (χ2n) is 4.05. The SMILES string of the molecule is Cn1cnc(CNC(=O)Nc2cccc(CN)c2)n1. The molecule has 1 aromatic heterocycles. The van der Waals surface area contributed by atoms with Crippen molar-refractivity contribution in [1.82, 2.24) is 20.1 Å². The number of urea groups is 1. The lowest BCUT2D eigenvalue weighted by Gasteiger charge is -2.07. The first-order valence-electron chi connectivity index (χ1n) is 5.86. The summed E-state index contributed by atoms with van der Waals surface area (Å²) in [6.45, 7) is 0.720. The number of carbonyl (C=O) groups is 1. The minimum Gasteiger partial charge on any atom is -0.330 e. The molecular formula is C12H16N6O. The zero-order valence-corrected chi connectivity index (χ0v) is 10.6. The number of aromatic nitrogens is 3. The number of anilines is 1. The normalized spacial score (nSPS) is 10.2. The number of hydrogen-bond acceptors (Lipinski definition) is 4. The van der Waals surface area contributed by atoms with E-state index in [1.165, 1.54) is 0 Å². The molecule has 2 rings (SSSR count). The molecule has 4 N–H and O–H groups in total. The van der Waals surface area contributed by atoms with Gasteiger partial charge in [0.1, 0.15) is 6.33 Å². The lowest BCUT2D eigenvalue weighted by Crippen LogP contribution is -2.28. The van der Waals surface area contributed by atoms with Crippen LogP contribution in [-0.4, -0.2) is 20.8 Å². The fourth-order valence-electron chi connectivity index (χ4n) is 1.58. The molecule has 2 amide bonds. The third-order valence-corrected chi connectivity index (χ3v) is 2.47. The van der Waals surface area contributed by atoms with E-state index in [-0.39, 0.29) is 12.6 Å². The van der Waals surface area contributed by atoms with Crippen LogP contribution in [0.25, 0.3) is 0 Å². The summed E-state index contributed by atoms with van der Waals surface area (Å²) in [4.78, 5) is 15.7. The molecule has 0 fully saturated rings. The van der Waals surface area contributed by atoms with E-state index >= 15 is 0 Å². The van der Waals surface area contributed by atoms with Crippen LogP contribution in [0.4, 0.5) is 10.5 Å². The predicted molar refractivity (Wildman–Crippen MR) is 71.2 cm³/mol. The summed E-state index contributed by atoms with van der Waals surface area (Å²) < 4.78 is 1.58. The molecule has 0 aliphatic rings. The second-order valence-corrected chi connectivity index (χ2v) is 4.05. The summed E-state index contributed by atoms with van der Waals surface area (Å²) >= 11 is 0. The average molecular weight is 260 g/mol. The molecule has 0 spiro atoms. The van der Waals surface area contributed by atoms with Gasteiger partial charge in [0.2, 0.25) is 0 Å². The summed E-state index contributed by atoms with van der Waals surface area (Å²) in [5.41, 5.74) is 7.20. The van der Waals surface area contributed by atoms with Gasteiger partial charge in [-0.3, -0.25) is 4.68 Å². The standard InChI is InChI=1S/C12H16N6O/c1-18-8-15-11(17-18)7-14-12(19)16-10-4-2-3-9(5-10)6-13/h2-5,8H,6-7,13H2,1H3,(H2,14,16,19). The van der Waals surface area contributed by atoms with Crippen molar-refractivity contribution < 1.29 is 4.79 Å². The van der Waals surface area contributed by atoms with Crippen molar-refractivity contribution in [3.63, 3.8) is 0 Å². The first-order chi connectivity index (χ1) is 9.17. The fourth-order valence-corrected chi connectivity index (χ4v) is 1.58. The Labute approximate surface area is 110 Å². The molecule has 1 aromatic carbocycles. The Morgan fingerprint density at radius 3 is 3.00 bits per heavy atom. The number of nitrogens with two attached hydrogens (primary N) is 1. The van der Waals surface area contributed by atoms with E-state index in [0.717, 1.165) is 5.56 Å². The van der Waals surface area contributed by atoms with E-state index in [2.05, 4.69) is 20.7 Å². The van der Waals surface area contributed by atoms with Crippen molar-refractivity contribution in [2.24, 2.45) is 12.8 Å². The molecule has 0 saturated carbocycles. The monoisotopic (exact) mass is 260 g/mol. The number of amides is 2. The highest BCUT2D eigenvalue weighted by Gasteiger charge is 2.04. The number of carbonyl (C=O) groups excluding carboxylic acids is 1. The Hall–Kier alpha value is -2.41. The topological polar surface area (TPSA) is 97.9 Å². The van der Waals surface area contributed by atoms with Crippen LogP contribution in [0, 0.1) is 0 Å². The predicted octanol–water partition coefficient (Wildman–Crippen LogP) is 0.595. The van der Waals surface area contributed by atoms with Gasteiger partial charge in [-0.2, -0.15) is 5.10 Å². The van der Waals surface area contributed by atoms with Crippen LogP contribution in [0.2, 0.25) is 0 Å². The maximum Gasteiger partial charge on any atom is 0.319 e. The van der Waals surface area contributed by atoms with Gasteiger partial charge in [0.15, 0.2) is 5.82 Å². The summed E-state index contributed by atoms with van der Waals surface area (Å²) in [5.74, 6) is 0.563. The van der Waals surface area contributed by atoms with Crippen molar-refractivity contribution in [1.29, 1.82) is 0 Å². The molecule has 2 aromatic rings. The Bertz CT molecular complexity index is 565. The second kappa shape index (κ2) is 5.96. The Kier molecular flexibility index (Phi) is 4.09. The highest BCUT2D eigenvalue weighted by Crippen LogP contribution is 2.09. The van der Waals surface area contributed by atoms with Gasteiger partial charge >= 0.3 is 6.03 Å². The number of aryl methyl sites for hydroxylation is 1. The van der Waals surface area contributed by atoms with E-state index in [1.54, 1.807) is 24.1 Å². The molecule has 1 heterocycles. The number of hydrogen-bond donors (Lipinski definition) is 3. The van der Waals surface area contributed by atoms with Gasteiger partial charge in [-0.15, -0.1) is 0 Å². The van der Waals surface area contributed by atoms with Gasteiger partial charge < -0.3 is 16.4 Å². The van der Waals surface area contributed by atoms with Gasteiger partial charge in [0.25, 0.3) is 0 Å². The highest BCUT2D eigenvalue weighted by molar-refractivity contribution is 5.89. The molecule has 0 saturated heterocycles. The van der Waals surface area contributed by atoms with Crippen molar-refractivity contribution >= 4 is 11.7 Å². The number of nitrogens with one attached hydrogen (secondary N) is 2. The van der Waals surface area contributed by atoms with Crippen LogP contribution in [0.3, 0.4) is 0 Å². The molecule has 0 aliphatic heterocycles. The van der Waals surface area contributed by atoms with Crippen molar-refractivity contribution in [3.8, 4) is 0 Å². The van der Waals surface area contributed by atoms with Crippen LogP contribution in [0.5, 0.6) is 0 Å². The van der Waals surface area contributed by atoms with Gasteiger partial charge in [-0.25, -0.2) is 9.78 Å². The van der Waals surface area contributed by atoms with Crippen LogP contribution in [0.1, 0.15) is 11.4 Å². The average Bonchev–Trinajstić information content (AvgIpc) is 2.82. The molecule has 0 unspecified atom stereocenters. The minimum absolute atomic E-state index is 0.281. The molecule has 7 heteroatoms. The Morgan fingerprint density at radius 1 is 1.47 bits per heavy atom. The largest absolute Gasteiger partial charge is 0.330 e. The number of rotatable bonds is 4. The third kappa shape index (κ3) is 3.78. The quantitative estimate of drug-likeness (QED) is 0.749. The van der Waals surface area contributed by atoms with Crippen molar-refractivity contribution in [2.45, 2.75) is 13.1 Å². The molecule has 0 radical (unpaired) electrons. The summed E-state index contributed by atoms with van der Waals surface area (Å²) in [6.07, 6.45) is 1.58. The van der Waals surface area contributed by atoms with Crippen molar-refractivity contribution in [2.75, 3.05) is 5.32 Å². The van der Waals surface area contributed by atoms with E-state index in [0.29, 0.717) is 18.1 Å². The summed E-state index contributed by atoms with van der Waals surface area (Å²) in [6, 6.07) is 7.08. The first-order valence-corrected chi connectivity index (χ1v) is 5.86. The highest BCUT2D eigenvalue weighted by atomic mass is 16.2. The lowest BCUT2D eigenvalue weighted by atomic mass is 10.2. The van der Waals surface area contributed by atoms with E-state index in [1.807, 2.05) is 18.2 Å². The summed E-state index contributed by atoms with van der Waals surface area (Å²) in [7, 11) is 1.77. The van der Waals surface area contributed by atoms with Crippen LogP contribution < -0.4 is 16.4 Å². The molecule has 0 aliphatic carbocycles. The van der Waals surface area contributed by atoms with Gasteiger partial charge in [-0.1, -0.05) is 12.1 Å². The van der Waals surface area contributed by atoms with Gasteiger partial charge in [0, 0.05) is 19.3 Å². The number of nitrogens with zero attached hydrogens (tertiary/aromatic N) is 3. The van der Waals surface area contributed by atoms with Crippen LogP contribution in [0.15, 0.2) is 30.6 Å². The van der Waals surface area contributed by atoms with Crippen molar-refractivity contribution in [3.05, 3.63) is 42.0 Å².